The Kier molecular flexibility index (Phi) is 4.66. The molecule has 0 radical (unpaired) electrons. The summed E-state index contributed by atoms with van der Waals surface area (Å²) in [4.78, 5) is 15.7. The second-order valence-corrected chi connectivity index (χ2v) is 4.81. The molecule has 0 saturated heterocycles. The minimum absolute atomic E-state index is 0.0851. The second kappa shape index (κ2) is 6.47. The molecule has 18 heavy (non-hydrogen) atoms. The van der Waals surface area contributed by atoms with Gasteiger partial charge >= 0.3 is 0 Å². The Bertz CT molecular complexity index is 517. The van der Waals surface area contributed by atoms with Gasteiger partial charge < -0.3 is 9.73 Å². The molecule has 0 unspecified atom stereocenters. The lowest BCUT2D eigenvalue weighted by atomic mass is 10.4. The summed E-state index contributed by atoms with van der Waals surface area (Å²) >= 11 is 7.24. The summed E-state index contributed by atoms with van der Waals surface area (Å²) in [6.07, 6.45) is 3.22. The normalized spacial score (nSPS) is 10.3. The van der Waals surface area contributed by atoms with Crippen molar-refractivity contribution < 1.29 is 9.21 Å². The maximum atomic E-state index is 11.6. The molecule has 2 aromatic heterocycles. The van der Waals surface area contributed by atoms with E-state index in [0.29, 0.717) is 16.6 Å². The number of carbonyl (C=O) groups is 1. The Morgan fingerprint density at radius 1 is 1.44 bits per heavy atom. The molecule has 0 aliphatic heterocycles. The van der Waals surface area contributed by atoms with Gasteiger partial charge in [-0.2, -0.15) is 0 Å². The number of hydrogen-bond donors (Lipinski definition) is 1. The Labute approximate surface area is 114 Å². The Hall–Kier alpha value is -1.46. The van der Waals surface area contributed by atoms with Gasteiger partial charge in [0, 0.05) is 6.20 Å². The van der Waals surface area contributed by atoms with E-state index in [1.54, 1.807) is 30.7 Å². The van der Waals surface area contributed by atoms with E-state index in [9.17, 15) is 4.79 Å². The number of nitrogens with zero attached hydrogens (tertiary/aromatic N) is 1. The second-order valence-electron chi connectivity index (χ2n) is 3.44. The smallest absolute Gasteiger partial charge is 0.230 e. The third-order valence-corrected chi connectivity index (χ3v) is 3.53. The maximum Gasteiger partial charge on any atom is 0.230 e. The molecule has 94 valence electrons. The van der Waals surface area contributed by atoms with Crippen LogP contribution in [-0.2, 0) is 11.3 Å². The topological polar surface area (TPSA) is 55.1 Å². The van der Waals surface area contributed by atoms with Gasteiger partial charge in [0.05, 0.1) is 23.6 Å². The quantitative estimate of drug-likeness (QED) is 0.857. The highest BCUT2D eigenvalue weighted by atomic mass is 35.5. The molecule has 1 amide bonds. The first kappa shape index (κ1) is 13.0. The van der Waals surface area contributed by atoms with Crippen molar-refractivity contribution in [2.75, 3.05) is 5.75 Å². The number of furan rings is 1. The fraction of sp³-hybridized carbons (Fsp3) is 0.167. The highest BCUT2D eigenvalue weighted by Crippen LogP contribution is 2.23. The van der Waals surface area contributed by atoms with Crippen LogP contribution in [0, 0.1) is 0 Å². The first-order valence-electron chi connectivity index (χ1n) is 5.28. The van der Waals surface area contributed by atoms with Crippen LogP contribution in [0.3, 0.4) is 0 Å². The summed E-state index contributed by atoms with van der Waals surface area (Å²) in [6, 6.07) is 7.09. The van der Waals surface area contributed by atoms with Gasteiger partial charge in [0.25, 0.3) is 0 Å². The van der Waals surface area contributed by atoms with E-state index in [1.807, 2.05) is 6.07 Å². The van der Waals surface area contributed by atoms with Crippen LogP contribution in [0.5, 0.6) is 0 Å². The summed E-state index contributed by atoms with van der Waals surface area (Å²) in [5.74, 6) is 0.916. The number of amides is 1. The van der Waals surface area contributed by atoms with E-state index in [2.05, 4.69) is 10.3 Å². The Balaban J connectivity index is 1.77. The maximum absolute atomic E-state index is 11.6. The summed E-state index contributed by atoms with van der Waals surface area (Å²) < 4.78 is 5.11. The third kappa shape index (κ3) is 3.78. The molecule has 4 nitrogen and oxygen atoms in total. The lowest BCUT2D eigenvalue weighted by Crippen LogP contribution is -2.24. The van der Waals surface area contributed by atoms with Gasteiger partial charge in [-0.3, -0.25) is 4.79 Å². The van der Waals surface area contributed by atoms with E-state index in [-0.39, 0.29) is 11.7 Å². The molecule has 1 N–H and O–H groups in total. The molecular formula is C12H11ClN2O2S. The molecule has 0 saturated carbocycles. The van der Waals surface area contributed by atoms with Crippen LogP contribution < -0.4 is 5.32 Å². The zero-order valence-electron chi connectivity index (χ0n) is 9.43. The van der Waals surface area contributed by atoms with E-state index >= 15 is 0 Å². The van der Waals surface area contributed by atoms with Crippen molar-refractivity contribution in [1.82, 2.24) is 10.3 Å². The molecule has 0 atom stereocenters. The van der Waals surface area contributed by atoms with Crippen molar-refractivity contribution in [2.24, 2.45) is 0 Å². The molecular weight excluding hydrogens is 272 g/mol. The van der Waals surface area contributed by atoms with Crippen LogP contribution in [0.1, 0.15) is 5.76 Å². The highest BCUT2D eigenvalue weighted by molar-refractivity contribution is 8.00. The number of carbonyl (C=O) groups excluding carboxylic acids is 1. The lowest BCUT2D eigenvalue weighted by molar-refractivity contribution is -0.118. The van der Waals surface area contributed by atoms with Crippen molar-refractivity contribution in [2.45, 2.75) is 11.6 Å². The molecule has 0 aromatic carbocycles. The predicted molar refractivity (Wildman–Crippen MR) is 70.5 cm³/mol. The average Bonchev–Trinajstić information content (AvgIpc) is 2.88. The van der Waals surface area contributed by atoms with Crippen LogP contribution in [0.25, 0.3) is 0 Å². The minimum atomic E-state index is -0.0851. The van der Waals surface area contributed by atoms with E-state index in [4.69, 9.17) is 16.0 Å². The molecule has 0 spiro atoms. The largest absolute Gasteiger partial charge is 0.467 e. The van der Waals surface area contributed by atoms with Gasteiger partial charge in [0.1, 0.15) is 10.8 Å². The van der Waals surface area contributed by atoms with Gasteiger partial charge in [-0.25, -0.2) is 4.98 Å². The van der Waals surface area contributed by atoms with Gasteiger partial charge in [0.2, 0.25) is 5.91 Å². The molecule has 2 aromatic rings. The standard InChI is InChI=1S/C12H11ClN2O2S/c13-10-4-1-5-14-12(10)18-8-11(16)15-7-9-3-2-6-17-9/h1-6H,7-8H2,(H,15,16). The first-order chi connectivity index (χ1) is 8.75. The van der Waals surface area contributed by atoms with Crippen molar-refractivity contribution in [1.29, 1.82) is 0 Å². The zero-order valence-corrected chi connectivity index (χ0v) is 11.0. The number of pyridine rings is 1. The fourth-order valence-electron chi connectivity index (χ4n) is 1.26. The minimum Gasteiger partial charge on any atom is -0.467 e. The zero-order chi connectivity index (χ0) is 12.8. The van der Waals surface area contributed by atoms with Crippen molar-refractivity contribution in [3.8, 4) is 0 Å². The summed E-state index contributed by atoms with van der Waals surface area (Å²) in [5.41, 5.74) is 0. The number of halogens is 1. The number of rotatable bonds is 5. The summed E-state index contributed by atoms with van der Waals surface area (Å²) in [5, 5.41) is 3.97. The van der Waals surface area contributed by atoms with Crippen LogP contribution in [-0.4, -0.2) is 16.6 Å². The van der Waals surface area contributed by atoms with Crippen molar-refractivity contribution in [3.05, 3.63) is 47.5 Å². The monoisotopic (exact) mass is 282 g/mol. The molecule has 0 aliphatic rings. The van der Waals surface area contributed by atoms with Crippen molar-refractivity contribution >= 4 is 29.3 Å². The first-order valence-corrected chi connectivity index (χ1v) is 6.64. The summed E-state index contributed by atoms with van der Waals surface area (Å²) in [7, 11) is 0. The highest BCUT2D eigenvalue weighted by Gasteiger charge is 2.06. The summed E-state index contributed by atoms with van der Waals surface area (Å²) in [6.45, 7) is 0.391. The SMILES string of the molecule is O=C(CSc1ncccc1Cl)NCc1ccco1. The molecule has 0 aliphatic carbocycles. The van der Waals surface area contributed by atoms with Crippen LogP contribution >= 0.6 is 23.4 Å². The van der Waals surface area contributed by atoms with Gasteiger partial charge in [-0.1, -0.05) is 23.4 Å². The van der Waals surface area contributed by atoms with Crippen molar-refractivity contribution in [3.63, 3.8) is 0 Å². The van der Waals surface area contributed by atoms with E-state index < -0.39 is 0 Å². The number of hydrogen-bond acceptors (Lipinski definition) is 4. The van der Waals surface area contributed by atoms with Crippen LogP contribution in [0.4, 0.5) is 0 Å². The molecule has 0 fully saturated rings. The van der Waals surface area contributed by atoms with Crippen LogP contribution in [0.2, 0.25) is 5.02 Å². The Morgan fingerprint density at radius 2 is 2.33 bits per heavy atom. The van der Waals surface area contributed by atoms with Gasteiger partial charge in [0.15, 0.2) is 0 Å². The fourth-order valence-corrected chi connectivity index (χ4v) is 2.26. The number of thioether (sulfide) groups is 1. The average molecular weight is 283 g/mol. The van der Waals surface area contributed by atoms with E-state index in [1.165, 1.54) is 11.8 Å². The number of aromatic nitrogens is 1. The molecule has 6 heteroatoms. The van der Waals surface area contributed by atoms with E-state index in [0.717, 1.165) is 5.76 Å². The van der Waals surface area contributed by atoms with Gasteiger partial charge in [-0.05, 0) is 24.3 Å². The predicted octanol–water partition coefficient (Wildman–Crippen LogP) is 2.74. The molecule has 0 bridgehead atoms. The van der Waals surface area contributed by atoms with Gasteiger partial charge in [-0.15, -0.1) is 0 Å². The lowest BCUT2D eigenvalue weighted by Gasteiger charge is -2.04. The molecule has 2 heterocycles. The third-order valence-electron chi connectivity index (χ3n) is 2.10. The van der Waals surface area contributed by atoms with Crippen LogP contribution in [0.15, 0.2) is 46.2 Å². The Morgan fingerprint density at radius 3 is 3.06 bits per heavy atom. The number of nitrogens with one attached hydrogen (secondary N) is 1. The molecule has 2 rings (SSSR count).